The highest BCUT2D eigenvalue weighted by molar-refractivity contribution is 5.23. The van der Waals surface area contributed by atoms with Crippen LogP contribution in [0, 0.1) is 0 Å². The average Bonchev–Trinajstić information content (AvgIpc) is 2.72. The van der Waals surface area contributed by atoms with Crippen molar-refractivity contribution in [2.75, 3.05) is 32.7 Å². The summed E-state index contributed by atoms with van der Waals surface area (Å²) < 4.78 is 0. The van der Waals surface area contributed by atoms with Crippen molar-refractivity contribution in [3.8, 4) is 0 Å². The first kappa shape index (κ1) is 20.1. The van der Waals surface area contributed by atoms with Gasteiger partial charge in [0.1, 0.15) is 0 Å². The summed E-state index contributed by atoms with van der Waals surface area (Å²) in [6.45, 7) is 6.13. The van der Waals surface area contributed by atoms with Crippen LogP contribution in [0.3, 0.4) is 0 Å². The predicted molar refractivity (Wildman–Crippen MR) is 112 cm³/mol. The first-order valence-corrected chi connectivity index (χ1v) is 11.4. The summed E-state index contributed by atoms with van der Waals surface area (Å²) in [4.78, 5) is 5.33. The van der Waals surface area contributed by atoms with Crippen LogP contribution in [0.15, 0.2) is 23.8 Å². The third-order valence-corrected chi connectivity index (χ3v) is 6.63. The van der Waals surface area contributed by atoms with Gasteiger partial charge in [-0.05, 0) is 70.3 Å². The van der Waals surface area contributed by atoms with Gasteiger partial charge in [-0.15, -0.1) is 0 Å². The Labute approximate surface area is 161 Å². The average molecular weight is 360 g/mol. The van der Waals surface area contributed by atoms with E-state index in [1.54, 1.807) is 0 Å². The van der Waals surface area contributed by atoms with Crippen molar-refractivity contribution < 1.29 is 0 Å². The van der Waals surface area contributed by atoms with Gasteiger partial charge in [0, 0.05) is 18.6 Å². The van der Waals surface area contributed by atoms with Crippen LogP contribution in [0.2, 0.25) is 0 Å². The molecule has 0 aromatic rings. The Morgan fingerprint density at radius 2 is 1.42 bits per heavy atom. The van der Waals surface area contributed by atoms with Gasteiger partial charge >= 0.3 is 0 Å². The Balaban J connectivity index is 0.000000278. The van der Waals surface area contributed by atoms with Crippen LogP contribution in [0.25, 0.3) is 0 Å². The molecule has 0 aromatic heterocycles. The van der Waals surface area contributed by atoms with E-state index in [0.29, 0.717) is 6.04 Å². The SMILES string of the molecule is C1CCCCC1.NC1CCN(C2CCN(CC3=CCCC=C3)CC2)CC1. The van der Waals surface area contributed by atoms with E-state index in [9.17, 15) is 0 Å². The Morgan fingerprint density at radius 1 is 0.808 bits per heavy atom. The molecule has 0 bridgehead atoms. The molecule has 3 nitrogen and oxygen atoms in total. The first-order valence-electron chi connectivity index (χ1n) is 11.4. The minimum atomic E-state index is 0.455. The lowest BCUT2D eigenvalue weighted by Gasteiger charge is -2.41. The van der Waals surface area contributed by atoms with Crippen LogP contribution in [0.1, 0.15) is 77.0 Å². The number of hydrogen-bond acceptors (Lipinski definition) is 3. The van der Waals surface area contributed by atoms with E-state index < -0.39 is 0 Å². The zero-order valence-corrected chi connectivity index (χ0v) is 16.9. The minimum absolute atomic E-state index is 0.455. The highest BCUT2D eigenvalue weighted by atomic mass is 15.2. The lowest BCUT2D eigenvalue weighted by molar-refractivity contribution is 0.0917. The number of allylic oxidation sites excluding steroid dienone is 2. The molecular weight excluding hydrogens is 318 g/mol. The van der Waals surface area contributed by atoms with Gasteiger partial charge in [-0.25, -0.2) is 0 Å². The van der Waals surface area contributed by atoms with Crippen LogP contribution >= 0.6 is 0 Å². The fourth-order valence-electron chi connectivity index (χ4n) is 4.83. The minimum Gasteiger partial charge on any atom is -0.328 e. The molecule has 148 valence electrons. The molecule has 2 aliphatic heterocycles. The highest BCUT2D eigenvalue weighted by Crippen LogP contribution is 2.22. The van der Waals surface area contributed by atoms with Crippen molar-refractivity contribution in [2.45, 2.75) is 89.1 Å². The van der Waals surface area contributed by atoms with Crippen molar-refractivity contribution in [1.82, 2.24) is 9.80 Å². The number of likely N-dealkylation sites (tertiary alicyclic amines) is 2. The van der Waals surface area contributed by atoms with Crippen LogP contribution in [0.4, 0.5) is 0 Å². The maximum Gasteiger partial charge on any atom is 0.0230 e. The van der Waals surface area contributed by atoms with Gasteiger partial charge in [0.05, 0.1) is 0 Å². The van der Waals surface area contributed by atoms with E-state index in [-0.39, 0.29) is 0 Å². The highest BCUT2D eigenvalue weighted by Gasteiger charge is 2.27. The molecule has 2 aliphatic carbocycles. The molecule has 2 N–H and O–H groups in total. The van der Waals surface area contributed by atoms with Crippen molar-refractivity contribution in [3.05, 3.63) is 23.8 Å². The predicted octanol–water partition coefficient (Wildman–Crippen LogP) is 4.49. The van der Waals surface area contributed by atoms with Gasteiger partial charge in [0.2, 0.25) is 0 Å². The summed E-state index contributed by atoms with van der Waals surface area (Å²) in [6.07, 6.45) is 23.6. The molecule has 0 unspecified atom stereocenters. The smallest absolute Gasteiger partial charge is 0.0230 e. The van der Waals surface area contributed by atoms with E-state index in [2.05, 4.69) is 28.0 Å². The summed E-state index contributed by atoms with van der Waals surface area (Å²) in [6, 6.07) is 1.27. The molecule has 2 saturated heterocycles. The Hall–Kier alpha value is -0.640. The first-order chi connectivity index (χ1) is 12.8. The molecule has 26 heavy (non-hydrogen) atoms. The van der Waals surface area contributed by atoms with Crippen LogP contribution in [-0.4, -0.2) is 54.6 Å². The van der Waals surface area contributed by atoms with Gasteiger partial charge in [-0.1, -0.05) is 56.8 Å². The zero-order chi connectivity index (χ0) is 18.0. The Morgan fingerprint density at radius 3 is 1.96 bits per heavy atom. The van der Waals surface area contributed by atoms with Crippen LogP contribution in [-0.2, 0) is 0 Å². The third-order valence-electron chi connectivity index (χ3n) is 6.63. The number of nitrogens with zero attached hydrogens (tertiary/aromatic N) is 2. The van der Waals surface area contributed by atoms with Crippen molar-refractivity contribution >= 4 is 0 Å². The monoisotopic (exact) mass is 359 g/mol. The number of piperidine rings is 2. The quantitative estimate of drug-likeness (QED) is 0.806. The maximum absolute atomic E-state index is 6.01. The van der Waals surface area contributed by atoms with E-state index in [0.717, 1.165) is 12.6 Å². The van der Waals surface area contributed by atoms with Crippen molar-refractivity contribution in [3.63, 3.8) is 0 Å². The van der Waals surface area contributed by atoms with Gasteiger partial charge in [-0.3, -0.25) is 4.90 Å². The van der Waals surface area contributed by atoms with E-state index in [4.69, 9.17) is 5.73 Å². The topological polar surface area (TPSA) is 32.5 Å². The summed E-state index contributed by atoms with van der Waals surface area (Å²) in [5, 5.41) is 0. The molecule has 3 fully saturated rings. The molecule has 3 heteroatoms. The van der Waals surface area contributed by atoms with E-state index in [1.807, 2.05) is 0 Å². The molecule has 4 aliphatic rings. The Bertz CT molecular complexity index is 425. The largest absolute Gasteiger partial charge is 0.328 e. The molecule has 0 spiro atoms. The van der Waals surface area contributed by atoms with Crippen molar-refractivity contribution in [2.24, 2.45) is 5.73 Å². The second-order valence-corrected chi connectivity index (χ2v) is 8.76. The Kier molecular flexibility index (Phi) is 8.71. The van der Waals surface area contributed by atoms with Gasteiger partial charge < -0.3 is 10.6 Å². The van der Waals surface area contributed by atoms with E-state index >= 15 is 0 Å². The van der Waals surface area contributed by atoms with Gasteiger partial charge in [0.15, 0.2) is 0 Å². The van der Waals surface area contributed by atoms with Crippen LogP contribution in [0.5, 0.6) is 0 Å². The fourth-order valence-corrected chi connectivity index (χ4v) is 4.83. The van der Waals surface area contributed by atoms with Crippen molar-refractivity contribution in [1.29, 1.82) is 0 Å². The molecule has 0 amide bonds. The zero-order valence-electron chi connectivity index (χ0n) is 16.9. The second kappa shape index (κ2) is 11.3. The van der Waals surface area contributed by atoms with Gasteiger partial charge in [-0.2, -0.15) is 0 Å². The summed E-state index contributed by atoms with van der Waals surface area (Å²) >= 11 is 0. The lowest BCUT2D eigenvalue weighted by Crippen LogP contribution is -2.49. The molecule has 0 atom stereocenters. The summed E-state index contributed by atoms with van der Waals surface area (Å²) in [5.74, 6) is 0. The number of nitrogens with two attached hydrogens (primary N) is 1. The lowest BCUT2D eigenvalue weighted by atomic mass is 9.97. The molecule has 0 aromatic carbocycles. The maximum atomic E-state index is 6.01. The molecule has 4 rings (SSSR count). The fraction of sp³-hybridized carbons (Fsp3) is 0.826. The third kappa shape index (κ3) is 6.83. The summed E-state index contributed by atoms with van der Waals surface area (Å²) in [7, 11) is 0. The number of rotatable bonds is 3. The number of hydrogen-bond donors (Lipinski definition) is 1. The normalized spacial score (nSPS) is 26.9. The molecule has 0 radical (unpaired) electrons. The summed E-state index contributed by atoms with van der Waals surface area (Å²) in [5.41, 5.74) is 7.53. The van der Waals surface area contributed by atoms with E-state index in [1.165, 1.54) is 109 Å². The molecule has 1 saturated carbocycles. The van der Waals surface area contributed by atoms with Gasteiger partial charge in [0.25, 0.3) is 0 Å². The molecular formula is C23H41N3. The standard InChI is InChI=1S/C17H29N3.C6H12/c18-16-6-12-20(13-7-16)17-8-10-19(11-9-17)14-15-4-2-1-3-5-15;1-2-4-6-5-3-1/h2,4-5,16-17H,1,3,6-14,18H2;1-6H2. The second-order valence-electron chi connectivity index (χ2n) is 8.76. The molecule has 2 heterocycles. The van der Waals surface area contributed by atoms with Crippen LogP contribution < -0.4 is 5.73 Å².